The van der Waals surface area contributed by atoms with E-state index in [-0.39, 0.29) is 23.4 Å². The van der Waals surface area contributed by atoms with Gasteiger partial charge in [0.2, 0.25) is 0 Å². The smallest absolute Gasteiger partial charge is 0.331 e. The highest BCUT2D eigenvalue weighted by Gasteiger charge is 2.43. The standard InChI is InChI=1S/C19H25F3N4O2/c1-11(2)28-16(27)19(23,9-18(3,4)5)13-7-6-12(8-14(13)20)15-25-24-10-26(15)17(21)22/h6-8,10-11,17H,9,23H2,1-5H3/t19-/m1/s1. The number of benzene rings is 1. The molecule has 0 fully saturated rings. The van der Waals surface area contributed by atoms with E-state index < -0.39 is 35.4 Å². The van der Waals surface area contributed by atoms with Gasteiger partial charge in [-0.05, 0) is 31.7 Å². The van der Waals surface area contributed by atoms with Crippen molar-refractivity contribution in [2.24, 2.45) is 11.1 Å². The van der Waals surface area contributed by atoms with E-state index in [1.165, 1.54) is 12.1 Å². The molecule has 0 amide bonds. The zero-order chi connectivity index (χ0) is 21.3. The molecule has 0 saturated heterocycles. The van der Waals surface area contributed by atoms with Crippen LogP contribution in [0.5, 0.6) is 0 Å². The molecule has 0 unspecified atom stereocenters. The average molecular weight is 398 g/mol. The summed E-state index contributed by atoms with van der Waals surface area (Å²) in [6.07, 6.45) is 0.551. The average Bonchev–Trinajstić information content (AvgIpc) is 3.02. The van der Waals surface area contributed by atoms with Gasteiger partial charge < -0.3 is 10.5 Å². The van der Waals surface area contributed by atoms with Crippen molar-refractivity contribution in [1.82, 2.24) is 14.8 Å². The first kappa shape index (κ1) is 21.9. The number of carbonyl (C=O) groups is 1. The first-order valence-electron chi connectivity index (χ1n) is 8.83. The van der Waals surface area contributed by atoms with E-state index in [2.05, 4.69) is 10.2 Å². The lowest BCUT2D eigenvalue weighted by atomic mass is 9.76. The van der Waals surface area contributed by atoms with Crippen molar-refractivity contribution < 1.29 is 22.7 Å². The van der Waals surface area contributed by atoms with Crippen LogP contribution in [0.1, 0.15) is 53.2 Å². The number of rotatable bonds is 6. The van der Waals surface area contributed by atoms with Gasteiger partial charge >= 0.3 is 12.5 Å². The number of nitrogens with zero attached hydrogens (tertiary/aromatic N) is 3. The van der Waals surface area contributed by atoms with E-state index in [0.717, 1.165) is 12.4 Å². The number of aromatic nitrogens is 3. The molecule has 2 rings (SSSR count). The summed E-state index contributed by atoms with van der Waals surface area (Å²) in [5, 5.41) is 7.06. The lowest BCUT2D eigenvalue weighted by Gasteiger charge is -2.34. The summed E-state index contributed by atoms with van der Waals surface area (Å²) >= 11 is 0. The molecule has 154 valence electrons. The number of hydrogen-bond donors (Lipinski definition) is 1. The molecule has 0 aliphatic carbocycles. The lowest BCUT2D eigenvalue weighted by molar-refractivity contribution is -0.156. The molecule has 0 aliphatic rings. The van der Waals surface area contributed by atoms with E-state index in [9.17, 15) is 13.6 Å². The SMILES string of the molecule is CC(C)OC(=O)[C@@](N)(CC(C)(C)C)c1ccc(-c2nncn2C(F)F)cc1F. The second kappa shape index (κ2) is 7.90. The Balaban J connectivity index is 2.53. The Morgan fingerprint density at radius 2 is 1.93 bits per heavy atom. The molecule has 0 spiro atoms. The second-order valence-electron chi connectivity index (χ2n) is 8.20. The molecule has 0 aliphatic heterocycles. The summed E-state index contributed by atoms with van der Waals surface area (Å²) in [6, 6.07) is 3.71. The molecule has 1 aromatic carbocycles. The van der Waals surface area contributed by atoms with Crippen molar-refractivity contribution >= 4 is 5.97 Å². The van der Waals surface area contributed by atoms with E-state index in [4.69, 9.17) is 10.5 Å². The fraction of sp³-hybridized carbons (Fsp3) is 0.526. The molecule has 28 heavy (non-hydrogen) atoms. The molecular weight excluding hydrogens is 373 g/mol. The van der Waals surface area contributed by atoms with Crippen LogP contribution >= 0.6 is 0 Å². The Morgan fingerprint density at radius 1 is 1.29 bits per heavy atom. The molecule has 2 N–H and O–H groups in total. The van der Waals surface area contributed by atoms with E-state index in [1.54, 1.807) is 13.8 Å². The number of hydrogen-bond acceptors (Lipinski definition) is 5. The van der Waals surface area contributed by atoms with Crippen LogP contribution in [0, 0.1) is 11.2 Å². The number of halogens is 3. The summed E-state index contributed by atoms with van der Waals surface area (Å²) < 4.78 is 46.9. The van der Waals surface area contributed by atoms with Crippen LogP contribution < -0.4 is 5.73 Å². The van der Waals surface area contributed by atoms with Gasteiger partial charge in [0, 0.05) is 11.1 Å². The highest BCUT2D eigenvalue weighted by atomic mass is 19.3. The van der Waals surface area contributed by atoms with Crippen LogP contribution in [-0.2, 0) is 15.1 Å². The van der Waals surface area contributed by atoms with E-state index in [1.807, 2.05) is 20.8 Å². The third-order valence-corrected chi connectivity index (χ3v) is 4.01. The normalized spacial score (nSPS) is 14.4. The highest BCUT2D eigenvalue weighted by molar-refractivity contribution is 5.83. The highest BCUT2D eigenvalue weighted by Crippen LogP contribution is 2.36. The van der Waals surface area contributed by atoms with Crippen LogP contribution in [0.25, 0.3) is 11.4 Å². The van der Waals surface area contributed by atoms with Gasteiger partial charge in [-0.2, -0.15) is 8.78 Å². The van der Waals surface area contributed by atoms with Crippen molar-refractivity contribution in [2.75, 3.05) is 0 Å². The van der Waals surface area contributed by atoms with Crippen molar-refractivity contribution in [3.63, 3.8) is 0 Å². The molecule has 1 atom stereocenters. The van der Waals surface area contributed by atoms with Gasteiger partial charge in [-0.1, -0.05) is 32.9 Å². The van der Waals surface area contributed by atoms with Gasteiger partial charge in [0.15, 0.2) is 5.82 Å². The Labute approximate surface area is 161 Å². The molecule has 2 aromatic rings. The minimum absolute atomic E-state index is 0.0695. The fourth-order valence-electron chi connectivity index (χ4n) is 3.04. The molecule has 0 saturated carbocycles. The van der Waals surface area contributed by atoms with Gasteiger partial charge in [0.25, 0.3) is 0 Å². The monoisotopic (exact) mass is 398 g/mol. The summed E-state index contributed by atoms with van der Waals surface area (Å²) in [7, 11) is 0. The van der Waals surface area contributed by atoms with Gasteiger partial charge in [-0.15, -0.1) is 10.2 Å². The number of alkyl halides is 2. The van der Waals surface area contributed by atoms with Crippen molar-refractivity contribution in [3.8, 4) is 11.4 Å². The third kappa shape index (κ3) is 4.70. The summed E-state index contributed by atoms with van der Waals surface area (Å²) in [5.74, 6) is -1.75. The Hall–Kier alpha value is -2.42. The van der Waals surface area contributed by atoms with Crippen molar-refractivity contribution in [3.05, 3.63) is 35.9 Å². The molecule has 6 nitrogen and oxygen atoms in total. The van der Waals surface area contributed by atoms with Gasteiger partial charge in [-0.3, -0.25) is 4.57 Å². The molecule has 1 aromatic heterocycles. The largest absolute Gasteiger partial charge is 0.461 e. The number of esters is 1. The molecule has 1 heterocycles. The zero-order valence-electron chi connectivity index (χ0n) is 16.5. The first-order valence-corrected chi connectivity index (χ1v) is 8.83. The quantitative estimate of drug-likeness (QED) is 0.743. The number of nitrogens with two attached hydrogens (primary N) is 1. The molecular formula is C19H25F3N4O2. The van der Waals surface area contributed by atoms with Crippen LogP contribution in [0.4, 0.5) is 13.2 Å². The zero-order valence-corrected chi connectivity index (χ0v) is 16.5. The minimum Gasteiger partial charge on any atom is -0.461 e. The topological polar surface area (TPSA) is 83.0 Å². The summed E-state index contributed by atoms with van der Waals surface area (Å²) in [4.78, 5) is 12.7. The van der Waals surface area contributed by atoms with Gasteiger partial charge in [0.1, 0.15) is 17.7 Å². The Kier molecular flexibility index (Phi) is 6.18. The minimum atomic E-state index is -2.87. The summed E-state index contributed by atoms with van der Waals surface area (Å²) in [5.41, 5.74) is 4.25. The Bertz CT molecular complexity index is 846. The maximum absolute atomic E-state index is 15.0. The Morgan fingerprint density at radius 3 is 2.43 bits per heavy atom. The second-order valence-corrected chi connectivity index (χ2v) is 8.20. The molecule has 0 bridgehead atoms. The predicted octanol–water partition coefficient (Wildman–Crippen LogP) is 4.02. The maximum atomic E-state index is 15.0. The maximum Gasteiger partial charge on any atom is 0.331 e. The van der Waals surface area contributed by atoms with Crippen LogP contribution in [0.15, 0.2) is 24.5 Å². The van der Waals surface area contributed by atoms with Crippen LogP contribution in [0.2, 0.25) is 0 Å². The van der Waals surface area contributed by atoms with Gasteiger partial charge in [0.05, 0.1) is 6.10 Å². The summed E-state index contributed by atoms with van der Waals surface area (Å²) in [6.45, 7) is 6.08. The van der Waals surface area contributed by atoms with Crippen molar-refractivity contribution in [2.45, 2.75) is 59.2 Å². The number of ether oxygens (including phenoxy) is 1. The first-order chi connectivity index (χ1) is 12.8. The number of carbonyl (C=O) groups excluding carboxylic acids is 1. The predicted molar refractivity (Wildman–Crippen MR) is 97.8 cm³/mol. The molecule has 0 radical (unpaired) electrons. The van der Waals surface area contributed by atoms with E-state index >= 15 is 4.39 Å². The fourth-order valence-corrected chi connectivity index (χ4v) is 3.04. The van der Waals surface area contributed by atoms with E-state index in [0.29, 0.717) is 4.57 Å². The van der Waals surface area contributed by atoms with Crippen molar-refractivity contribution in [1.29, 1.82) is 0 Å². The lowest BCUT2D eigenvalue weighted by Crippen LogP contribution is -2.49. The van der Waals surface area contributed by atoms with Gasteiger partial charge in [-0.25, -0.2) is 9.18 Å². The van der Waals surface area contributed by atoms with Crippen LogP contribution in [0.3, 0.4) is 0 Å². The van der Waals surface area contributed by atoms with Crippen LogP contribution in [-0.4, -0.2) is 26.8 Å². The third-order valence-electron chi connectivity index (χ3n) is 4.01. The molecule has 9 heteroatoms.